The second kappa shape index (κ2) is 9.09. The topological polar surface area (TPSA) is 82.2 Å². The number of carboxylic acid groups (broad SMARTS) is 1. The third-order valence-corrected chi connectivity index (χ3v) is 5.39. The van der Waals surface area contributed by atoms with Crippen molar-refractivity contribution < 1.29 is 15.0 Å². The van der Waals surface area contributed by atoms with Crippen LogP contribution in [0.4, 0.5) is 11.4 Å². The van der Waals surface area contributed by atoms with Crippen molar-refractivity contribution in [3.05, 3.63) is 100 Å². The predicted octanol–water partition coefficient (Wildman–Crippen LogP) is 7.44. The van der Waals surface area contributed by atoms with E-state index in [1.54, 1.807) is 18.2 Å². The van der Waals surface area contributed by atoms with Crippen LogP contribution >= 0.6 is 22.6 Å². The van der Waals surface area contributed by atoms with E-state index in [1.165, 1.54) is 6.07 Å². The molecule has 4 rings (SSSR count). The van der Waals surface area contributed by atoms with Gasteiger partial charge in [0.1, 0.15) is 11.3 Å². The van der Waals surface area contributed by atoms with Crippen LogP contribution in [0, 0.1) is 3.57 Å². The van der Waals surface area contributed by atoms with Crippen molar-refractivity contribution in [3.63, 3.8) is 0 Å². The van der Waals surface area contributed by atoms with Crippen LogP contribution in [-0.4, -0.2) is 16.2 Å². The quantitative estimate of drug-likeness (QED) is 0.212. The van der Waals surface area contributed by atoms with E-state index >= 15 is 0 Å². The van der Waals surface area contributed by atoms with Gasteiger partial charge in [0, 0.05) is 14.7 Å². The first-order chi connectivity index (χ1) is 15.0. The molecule has 0 aliphatic carbocycles. The van der Waals surface area contributed by atoms with Crippen LogP contribution in [0.25, 0.3) is 22.3 Å². The summed E-state index contributed by atoms with van der Waals surface area (Å²) in [7, 11) is 0. The molecule has 0 aliphatic heterocycles. The Morgan fingerprint density at radius 2 is 1.45 bits per heavy atom. The molecule has 6 heteroatoms. The Kier molecular flexibility index (Phi) is 6.08. The average molecular weight is 520 g/mol. The van der Waals surface area contributed by atoms with Crippen molar-refractivity contribution in [2.45, 2.75) is 0 Å². The van der Waals surface area contributed by atoms with Gasteiger partial charge < -0.3 is 10.2 Å². The number of carbonyl (C=O) groups is 1. The minimum Gasteiger partial charge on any atom is -0.506 e. The molecule has 0 atom stereocenters. The molecule has 0 spiro atoms. The van der Waals surface area contributed by atoms with Crippen molar-refractivity contribution in [3.8, 4) is 28.0 Å². The number of azo groups is 1. The minimum atomic E-state index is -1.23. The molecular weight excluding hydrogens is 503 g/mol. The van der Waals surface area contributed by atoms with E-state index in [1.807, 2.05) is 60.7 Å². The maximum Gasteiger partial charge on any atom is 0.339 e. The first-order valence-electron chi connectivity index (χ1n) is 9.45. The summed E-state index contributed by atoms with van der Waals surface area (Å²) in [6.07, 6.45) is 0. The Balaban J connectivity index is 1.79. The van der Waals surface area contributed by atoms with Crippen molar-refractivity contribution in [1.82, 2.24) is 0 Å². The zero-order chi connectivity index (χ0) is 21.8. The number of aromatic hydroxyl groups is 1. The third kappa shape index (κ3) is 4.64. The second-order valence-corrected chi connectivity index (χ2v) is 8.03. The van der Waals surface area contributed by atoms with E-state index in [4.69, 9.17) is 0 Å². The number of rotatable bonds is 5. The Hall–Kier alpha value is -3.52. The zero-order valence-electron chi connectivity index (χ0n) is 16.2. The van der Waals surface area contributed by atoms with Gasteiger partial charge >= 0.3 is 5.97 Å². The van der Waals surface area contributed by atoms with Gasteiger partial charge in [0.15, 0.2) is 0 Å². The van der Waals surface area contributed by atoms with Crippen LogP contribution in [0.1, 0.15) is 10.4 Å². The number of halogens is 1. The van der Waals surface area contributed by atoms with Crippen molar-refractivity contribution >= 4 is 39.9 Å². The molecule has 0 aliphatic rings. The molecule has 2 N–H and O–H groups in total. The molecule has 0 unspecified atom stereocenters. The van der Waals surface area contributed by atoms with Gasteiger partial charge in [0.2, 0.25) is 0 Å². The van der Waals surface area contributed by atoms with Crippen molar-refractivity contribution in [1.29, 1.82) is 0 Å². The van der Waals surface area contributed by atoms with Crippen LogP contribution < -0.4 is 0 Å². The van der Waals surface area contributed by atoms with Gasteiger partial charge in [-0.1, -0.05) is 60.7 Å². The van der Waals surface area contributed by atoms with E-state index < -0.39 is 5.97 Å². The van der Waals surface area contributed by atoms with Gasteiger partial charge in [-0.3, -0.25) is 0 Å². The summed E-state index contributed by atoms with van der Waals surface area (Å²) < 4.78 is 1.11. The predicted molar refractivity (Wildman–Crippen MR) is 129 cm³/mol. The second-order valence-electron chi connectivity index (χ2n) is 6.79. The monoisotopic (exact) mass is 520 g/mol. The number of phenols is 1. The Morgan fingerprint density at radius 3 is 2.19 bits per heavy atom. The highest BCUT2D eigenvalue weighted by molar-refractivity contribution is 14.1. The first-order valence-corrected chi connectivity index (χ1v) is 10.5. The molecule has 0 amide bonds. The van der Waals surface area contributed by atoms with Gasteiger partial charge in [-0.2, -0.15) is 5.11 Å². The number of benzene rings is 4. The van der Waals surface area contributed by atoms with Crippen LogP contribution in [0.5, 0.6) is 5.75 Å². The zero-order valence-corrected chi connectivity index (χ0v) is 18.4. The Bertz CT molecular complexity index is 1290. The summed E-state index contributed by atoms with van der Waals surface area (Å²) in [6.45, 7) is 0. The summed E-state index contributed by atoms with van der Waals surface area (Å²) in [5.74, 6) is -1.53. The molecule has 4 aromatic rings. The van der Waals surface area contributed by atoms with Crippen LogP contribution in [0.2, 0.25) is 0 Å². The third-order valence-electron chi connectivity index (χ3n) is 4.72. The number of carboxylic acids is 1. The van der Waals surface area contributed by atoms with Gasteiger partial charge in [-0.15, -0.1) is 5.11 Å². The summed E-state index contributed by atoms with van der Waals surface area (Å²) in [6, 6.07) is 27.7. The number of nitrogens with zero attached hydrogens (tertiary/aromatic N) is 2. The standard InChI is InChI=1S/C25H17IN2O3/c26-18-10-6-9-17(13-18)20-11-4-5-12-23(20)28-27-19-14-21(16-7-2-1-3-8-16)24(29)22(15-19)25(30)31/h1-15,29H,(H,30,31). The molecule has 31 heavy (non-hydrogen) atoms. The molecule has 4 aromatic carbocycles. The fraction of sp³-hybridized carbons (Fsp3) is 0. The highest BCUT2D eigenvalue weighted by Gasteiger charge is 2.17. The summed E-state index contributed by atoms with van der Waals surface area (Å²) in [4.78, 5) is 11.7. The van der Waals surface area contributed by atoms with Gasteiger partial charge in [-0.05, 0) is 64.0 Å². The molecule has 0 fully saturated rings. The Morgan fingerprint density at radius 1 is 0.742 bits per heavy atom. The van der Waals surface area contributed by atoms with Crippen LogP contribution in [0.3, 0.4) is 0 Å². The number of hydrogen-bond donors (Lipinski definition) is 2. The smallest absolute Gasteiger partial charge is 0.339 e. The first kappa shape index (κ1) is 20.7. The van der Waals surface area contributed by atoms with E-state index in [9.17, 15) is 15.0 Å². The highest BCUT2D eigenvalue weighted by atomic mass is 127. The number of aromatic carboxylic acids is 1. The molecule has 0 aromatic heterocycles. The molecule has 5 nitrogen and oxygen atoms in total. The van der Waals surface area contributed by atoms with E-state index in [-0.39, 0.29) is 11.3 Å². The lowest BCUT2D eigenvalue weighted by molar-refractivity contribution is 0.0694. The minimum absolute atomic E-state index is 0.221. The molecule has 0 saturated heterocycles. The van der Waals surface area contributed by atoms with Crippen LogP contribution in [-0.2, 0) is 0 Å². The molecular formula is C25H17IN2O3. The molecule has 0 saturated carbocycles. The molecule has 0 heterocycles. The fourth-order valence-corrected chi connectivity index (χ4v) is 3.79. The lowest BCUT2D eigenvalue weighted by atomic mass is 10.0. The normalized spacial score (nSPS) is 11.0. The molecule has 152 valence electrons. The average Bonchev–Trinajstić information content (AvgIpc) is 2.79. The van der Waals surface area contributed by atoms with Gasteiger partial charge in [0.25, 0.3) is 0 Å². The van der Waals surface area contributed by atoms with E-state index in [0.717, 1.165) is 14.7 Å². The van der Waals surface area contributed by atoms with Gasteiger partial charge in [0.05, 0.1) is 11.4 Å². The van der Waals surface area contributed by atoms with Gasteiger partial charge in [-0.25, -0.2) is 4.79 Å². The lowest BCUT2D eigenvalue weighted by Gasteiger charge is -2.09. The van der Waals surface area contributed by atoms with Crippen molar-refractivity contribution in [2.75, 3.05) is 0 Å². The Labute approximate surface area is 192 Å². The van der Waals surface area contributed by atoms with E-state index in [2.05, 4.69) is 38.9 Å². The highest BCUT2D eigenvalue weighted by Crippen LogP contribution is 2.38. The summed E-state index contributed by atoms with van der Waals surface area (Å²) >= 11 is 2.26. The largest absolute Gasteiger partial charge is 0.506 e. The summed E-state index contributed by atoms with van der Waals surface area (Å²) in [5.41, 5.74) is 3.80. The van der Waals surface area contributed by atoms with Crippen molar-refractivity contribution in [2.24, 2.45) is 10.2 Å². The lowest BCUT2D eigenvalue weighted by Crippen LogP contribution is -1.97. The molecule has 0 radical (unpaired) electrons. The SMILES string of the molecule is O=C(O)c1cc(N=Nc2ccccc2-c2cccc(I)c2)cc(-c2ccccc2)c1O. The maximum absolute atomic E-state index is 11.7. The fourth-order valence-electron chi connectivity index (χ4n) is 3.25. The summed E-state index contributed by atoms with van der Waals surface area (Å²) in [5, 5.41) is 28.7. The number of hydrogen-bond acceptors (Lipinski definition) is 4. The van der Waals surface area contributed by atoms with Crippen LogP contribution in [0.15, 0.2) is 101 Å². The molecule has 0 bridgehead atoms. The van der Waals surface area contributed by atoms with E-state index in [0.29, 0.717) is 22.5 Å². The maximum atomic E-state index is 11.7.